The fourth-order valence-corrected chi connectivity index (χ4v) is 2.86. The average Bonchev–Trinajstić information content (AvgIpc) is 3.12. The van der Waals surface area contributed by atoms with E-state index in [1.807, 2.05) is 18.2 Å². The summed E-state index contributed by atoms with van der Waals surface area (Å²) < 4.78 is 1.76. The Morgan fingerprint density at radius 3 is 2.74 bits per heavy atom. The highest BCUT2D eigenvalue weighted by atomic mass is 16.4. The Hall–Kier alpha value is -3.74. The zero-order valence-electron chi connectivity index (χ0n) is 14.4. The highest BCUT2D eigenvalue weighted by Crippen LogP contribution is 2.19. The van der Waals surface area contributed by atoms with E-state index < -0.39 is 5.97 Å². The topological polar surface area (TPSA) is 92.9 Å². The van der Waals surface area contributed by atoms with Gasteiger partial charge in [0.1, 0.15) is 12.1 Å². The van der Waals surface area contributed by atoms with Crippen molar-refractivity contribution >= 4 is 23.0 Å². The summed E-state index contributed by atoms with van der Waals surface area (Å²) in [5, 5.41) is 12.4. The normalized spacial score (nSPS) is 10.8. The monoisotopic (exact) mass is 359 g/mol. The minimum Gasteiger partial charge on any atom is -0.478 e. The first kappa shape index (κ1) is 16.7. The third-order valence-electron chi connectivity index (χ3n) is 4.22. The van der Waals surface area contributed by atoms with Gasteiger partial charge in [-0.25, -0.2) is 14.8 Å². The molecule has 0 amide bonds. The molecule has 0 aliphatic heterocycles. The van der Waals surface area contributed by atoms with Gasteiger partial charge in [0.25, 0.3) is 0 Å². The summed E-state index contributed by atoms with van der Waals surface area (Å²) >= 11 is 0. The van der Waals surface area contributed by atoms with Crippen LogP contribution in [0.3, 0.4) is 0 Å². The number of nitrogens with one attached hydrogen (secondary N) is 1. The van der Waals surface area contributed by atoms with Crippen molar-refractivity contribution in [3.63, 3.8) is 0 Å². The van der Waals surface area contributed by atoms with Crippen molar-refractivity contribution in [3.05, 3.63) is 78.2 Å². The molecule has 7 heteroatoms. The summed E-state index contributed by atoms with van der Waals surface area (Å²) in [7, 11) is 0. The number of carboxylic acids is 1. The van der Waals surface area contributed by atoms with Crippen LogP contribution in [0.15, 0.2) is 67.1 Å². The molecule has 0 saturated heterocycles. The van der Waals surface area contributed by atoms with E-state index in [0.29, 0.717) is 29.3 Å². The maximum Gasteiger partial charge on any atom is 0.335 e. The van der Waals surface area contributed by atoms with Crippen molar-refractivity contribution < 1.29 is 9.90 Å². The largest absolute Gasteiger partial charge is 0.478 e. The number of hydrogen-bond donors (Lipinski definition) is 2. The predicted octanol–water partition coefficient (Wildman–Crippen LogP) is 3.17. The number of rotatable bonds is 6. The second-order valence-corrected chi connectivity index (χ2v) is 6.02. The van der Waals surface area contributed by atoms with Crippen LogP contribution >= 0.6 is 0 Å². The van der Waals surface area contributed by atoms with Crippen molar-refractivity contribution in [2.24, 2.45) is 0 Å². The molecular weight excluding hydrogens is 342 g/mol. The molecule has 7 nitrogen and oxygen atoms in total. The smallest absolute Gasteiger partial charge is 0.335 e. The highest BCUT2D eigenvalue weighted by molar-refractivity contribution is 5.92. The zero-order valence-corrected chi connectivity index (χ0v) is 14.4. The van der Waals surface area contributed by atoms with Crippen molar-refractivity contribution in [2.45, 2.75) is 6.42 Å². The summed E-state index contributed by atoms with van der Waals surface area (Å²) in [5.74, 6) is 0.160. The van der Waals surface area contributed by atoms with Gasteiger partial charge in [-0.05, 0) is 36.2 Å². The van der Waals surface area contributed by atoms with E-state index in [-0.39, 0.29) is 5.56 Å². The Morgan fingerprint density at radius 2 is 1.93 bits per heavy atom. The van der Waals surface area contributed by atoms with Gasteiger partial charge in [0.15, 0.2) is 0 Å². The van der Waals surface area contributed by atoms with Crippen LogP contribution in [0.25, 0.3) is 16.9 Å². The van der Waals surface area contributed by atoms with Crippen molar-refractivity contribution in [2.75, 3.05) is 11.9 Å². The lowest BCUT2D eigenvalue weighted by atomic mass is 10.1. The lowest BCUT2D eigenvalue weighted by molar-refractivity contribution is 0.0697. The van der Waals surface area contributed by atoms with E-state index in [1.165, 1.54) is 5.56 Å². The molecule has 0 saturated carbocycles. The first-order valence-electron chi connectivity index (χ1n) is 8.52. The first-order chi connectivity index (χ1) is 13.2. The number of benzene rings is 2. The van der Waals surface area contributed by atoms with Gasteiger partial charge in [0, 0.05) is 12.7 Å². The van der Waals surface area contributed by atoms with Crippen molar-refractivity contribution in [1.82, 2.24) is 19.5 Å². The molecule has 134 valence electrons. The van der Waals surface area contributed by atoms with Gasteiger partial charge in [0.2, 0.25) is 5.95 Å². The molecule has 0 bridgehead atoms. The number of hydrogen-bond acceptors (Lipinski definition) is 5. The number of aromatic nitrogens is 4. The van der Waals surface area contributed by atoms with Gasteiger partial charge in [-0.2, -0.15) is 4.98 Å². The zero-order chi connectivity index (χ0) is 18.6. The van der Waals surface area contributed by atoms with E-state index in [2.05, 4.69) is 32.4 Å². The molecule has 2 heterocycles. The second-order valence-electron chi connectivity index (χ2n) is 6.02. The molecule has 0 atom stereocenters. The number of carbonyl (C=O) groups is 1. The Morgan fingerprint density at radius 1 is 1.07 bits per heavy atom. The average molecular weight is 359 g/mol. The Balaban J connectivity index is 1.56. The van der Waals surface area contributed by atoms with Crippen LogP contribution in [0.5, 0.6) is 0 Å². The highest BCUT2D eigenvalue weighted by Gasteiger charge is 2.10. The van der Waals surface area contributed by atoms with Gasteiger partial charge in [-0.1, -0.05) is 30.3 Å². The molecule has 0 spiro atoms. The fourth-order valence-electron chi connectivity index (χ4n) is 2.86. The molecule has 2 aromatic carbocycles. The van der Waals surface area contributed by atoms with Crippen LogP contribution in [-0.2, 0) is 6.42 Å². The van der Waals surface area contributed by atoms with E-state index in [4.69, 9.17) is 0 Å². The van der Waals surface area contributed by atoms with Crippen molar-refractivity contribution in [3.8, 4) is 5.82 Å². The number of nitrogens with zero attached hydrogens (tertiary/aromatic N) is 4. The SMILES string of the molecule is O=C(O)c1ccc2ncn(-c3ccnc(NCCc4ccccc4)n3)c2c1. The van der Waals surface area contributed by atoms with Crippen LogP contribution in [0.2, 0.25) is 0 Å². The van der Waals surface area contributed by atoms with Gasteiger partial charge in [-0.3, -0.25) is 4.57 Å². The molecule has 0 radical (unpaired) electrons. The van der Waals surface area contributed by atoms with E-state index >= 15 is 0 Å². The maximum atomic E-state index is 11.2. The van der Waals surface area contributed by atoms with Crippen molar-refractivity contribution in [1.29, 1.82) is 0 Å². The van der Waals surface area contributed by atoms with E-state index in [0.717, 1.165) is 6.42 Å². The second kappa shape index (κ2) is 7.25. The summed E-state index contributed by atoms with van der Waals surface area (Å²) in [5.41, 5.74) is 2.84. The summed E-state index contributed by atoms with van der Waals surface area (Å²) in [4.78, 5) is 24.3. The van der Waals surface area contributed by atoms with Gasteiger partial charge < -0.3 is 10.4 Å². The Kier molecular flexibility index (Phi) is 4.49. The lowest BCUT2D eigenvalue weighted by Gasteiger charge is -2.08. The maximum absolute atomic E-state index is 11.2. The third kappa shape index (κ3) is 3.62. The van der Waals surface area contributed by atoms with E-state index in [9.17, 15) is 9.90 Å². The molecule has 2 aromatic heterocycles. The number of carboxylic acid groups (broad SMARTS) is 1. The molecule has 4 rings (SSSR count). The fraction of sp³-hybridized carbons (Fsp3) is 0.100. The molecule has 0 aliphatic carbocycles. The minimum absolute atomic E-state index is 0.208. The van der Waals surface area contributed by atoms with E-state index in [1.54, 1.807) is 41.4 Å². The quantitative estimate of drug-likeness (QED) is 0.549. The lowest BCUT2D eigenvalue weighted by Crippen LogP contribution is -2.09. The summed E-state index contributed by atoms with van der Waals surface area (Å²) in [6.45, 7) is 0.710. The van der Waals surface area contributed by atoms with Crippen LogP contribution < -0.4 is 5.32 Å². The van der Waals surface area contributed by atoms with Crippen LogP contribution in [0, 0.1) is 0 Å². The number of fused-ring (bicyclic) bond motifs is 1. The molecular formula is C20H17N5O2. The van der Waals surface area contributed by atoms with Gasteiger partial charge in [0.05, 0.1) is 16.6 Å². The standard InChI is InChI=1S/C20H17N5O2/c26-19(27)15-6-7-16-17(12-15)25(13-23-16)18-9-11-22-20(24-18)21-10-8-14-4-2-1-3-5-14/h1-7,9,11-13H,8,10H2,(H,26,27)(H,21,22,24). The third-order valence-corrected chi connectivity index (χ3v) is 4.22. The first-order valence-corrected chi connectivity index (χ1v) is 8.52. The summed E-state index contributed by atoms with van der Waals surface area (Å²) in [6, 6.07) is 16.8. The van der Waals surface area contributed by atoms with Crippen LogP contribution in [-0.4, -0.2) is 37.1 Å². The predicted molar refractivity (Wildman–Crippen MR) is 102 cm³/mol. The minimum atomic E-state index is -0.976. The number of imidazole rings is 1. The Bertz CT molecular complexity index is 1090. The number of anilines is 1. The summed E-state index contributed by atoms with van der Waals surface area (Å²) in [6.07, 6.45) is 4.16. The van der Waals surface area contributed by atoms with Crippen LogP contribution in [0.1, 0.15) is 15.9 Å². The molecule has 2 N–H and O–H groups in total. The molecule has 0 unspecified atom stereocenters. The van der Waals surface area contributed by atoms with Gasteiger partial charge in [-0.15, -0.1) is 0 Å². The Labute approximate surface area is 155 Å². The van der Waals surface area contributed by atoms with Gasteiger partial charge >= 0.3 is 5.97 Å². The van der Waals surface area contributed by atoms with Crippen LogP contribution in [0.4, 0.5) is 5.95 Å². The molecule has 0 aliphatic rings. The molecule has 0 fully saturated rings. The number of aromatic carboxylic acids is 1. The molecule has 4 aromatic rings. The molecule has 27 heavy (non-hydrogen) atoms.